The number of anilines is 3. The van der Waals surface area contributed by atoms with Crippen LogP contribution in [0.4, 0.5) is 17.5 Å². The summed E-state index contributed by atoms with van der Waals surface area (Å²) in [6.45, 7) is 30.2. The van der Waals surface area contributed by atoms with Gasteiger partial charge in [-0.1, -0.05) is 67.8 Å². The number of benzene rings is 4. The minimum Gasteiger partial charge on any atom is -0.378 e. The lowest BCUT2D eigenvalue weighted by atomic mass is 10.1. The van der Waals surface area contributed by atoms with Gasteiger partial charge in [-0.25, -0.2) is 29.9 Å². The van der Waals surface area contributed by atoms with Crippen LogP contribution in [0.3, 0.4) is 0 Å². The van der Waals surface area contributed by atoms with Crippen molar-refractivity contribution in [2.75, 3.05) is 185 Å². The topological polar surface area (TPSA) is 376 Å². The Kier molecular flexibility index (Phi) is 30.1. The zero-order chi connectivity index (χ0) is 90.8. The highest BCUT2D eigenvalue weighted by Crippen LogP contribution is 2.41. The molecule has 6 saturated heterocycles. The van der Waals surface area contributed by atoms with Crippen molar-refractivity contribution < 1.29 is 47.8 Å². The smallest absolute Gasteiger partial charge is 0.253 e. The first-order valence-electron chi connectivity index (χ1n) is 45.1. The average molecular weight is 1840 g/mol. The Hall–Kier alpha value is -12.7. The molecule has 13 aromatic rings. The number of nitrogens with zero attached hydrogens (tertiary/aromatic N) is 18. The molecule has 0 aliphatic carbocycles. The molecule has 9 aromatic heterocycles. The van der Waals surface area contributed by atoms with E-state index >= 15 is 0 Å². The van der Waals surface area contributed by atoms with E-state index in [1.165, 1.54) is 32.9 Å². The summed E-state index contributed by atoms with van der Waals surface area (Å²) in [6, 6.07) is 32.2. The molecule has 0 radical (unpaired) electrons. The molecule has 6 aliphatic rings. The molecule has 0 spiro atoms. The van der Waals surface area contributed by atoms with Crippen LogP contribution in [0.5, 0.6) is 0 Å². The molecular weight excluding hydrogens is 1730 g/mol. The minimum absolute atomic E-state index is 0.0313. The minimum atomic E-state index is -0.220. The van der Waals surface area contributed by atoms with Gasteiger partial charge in [0.05, 0.1) is 105 Å². The molecule has 6 N–H and O–H groups in total. The molecule has 0 bridgehead atoms. The Morgan fingerprint density at radius 1 is 0.424 bits per heavy atom. The van der Waals surface area contributed by atoms with Crippen LogP contribution in [0, 0.1) is 0 Å². The third-order valence-electron chi connectivity index (χ3n) is 24.3. The fraction of sp³-hybridized carbons (Fsp3) is 0.389. The van der Waals surface area contributed by atoms with E-state index < -0.39 is 0 Å². The Balaban J connectivity index is 0.000000139. The first-order chi connectivity index (χ1) is 64.6. The second-order valence-electron chi connectivity index (χ2n) is 33.1. The lowest BCUT2D eigenvalue weighted by molar-refractivity contribution is -0.134. The highest BCUT2D eigenvalue weighted by Gasteiger charge is 2.31. The zero-order valence-electron chi connectivity index (χ0n) is 74.0. The molecule has 34 nitrogen and oxygen atoms in total. The number of nitrogens with one attached hydrogen (secondary N) is 6. The summed E-state index contributed by atoms with van der Waals surface area (Å²) in [6.07, 6.45) is 13.5. The molecule has 0 unspecified atom stereocenters. The number of rotatable bonds is 29. The number of allylic oxidation sites excluding steroid dienone is 2. The fourth-order valence-corrected chi connectivity index (χ4v) is 20.6. The van der Waals surface area contributed by atoms with Crippen LogP contribution < -0.4 is 30.7 Å². The van der Waals surface area contributed by atoms with Gasteiger partial charge in [0.25, 0.3) is 5.91 Å². The predicted octanol–water partition coefficient (Wildman–Crippen LogP) is 10.2. The number of hydrogen-bond acceptors (Lipinski definition) is 28. The largest absolute Gasteiger partial charge is 0.378 e. The van der Waals surface area contributed by atoms with Gasteiger partial charge in [-0.15, -0.1) is 34.0 Å². The van der Waals surface area contributed by atoms with Crippen molar-refractivity contribution in [3.8, 4) is 34.2 Å². The fourth-order valence-electron chi connectivity index (χ4n) is 17.1. The van der Waals surface area contributed by atoms with E-state index in [4.69, 9.17) is 44.1 Å². The van der Waals surface area contributed by atoms with Gasteiger partial charge in [-0.3, -0.25) is 63.6 Å². The number of carbonyl (C=O) groups excluding carboxylic acids is 7. The first kappa shape index (κ1) is 91.2. The highest BCUT2D eigenvalue weighted by molar-refractivity contribution is 7.20. The number of aromatic nitrogens is 12. The number of H-pyrrole nitrogens is 3. The second kappa shape index (κ2) is 43.5. The number of morpholine rings is 3. The maximum Gasteiger partial charge on any atom is 0.253 e. The molecule has 686 valence electrons. The Labute approximate surface area is 774 Å². The summed E-state index contributed by atoms with van der Waals surface area (Å²) < 4.78 is 20.2. The van der Waals surface area contributed by atoms with Gasteiger partial charge in [0.2, 0.25) is 29.5 Å². The molecule has 0 saturated carbocycles. The lowest BCUT2D eigenvalue weighted by Crippen LogP contribution is -2.48. The Morgan fingerprint density at radius 2 is 0.795 bits per heavy atom. The van der Waals surface area contributed by atoms with Crippen LogP contribution in [0.1, 0.15) is 76.0 Å². The summed E-state index contributed by atoms with van der Waals surface area (Å²) >= 11 is 5.25. The van der Waals surface area contributed by atoms with E-state index in [1.807, 2.05) is 112 Å². The lowest BCUT2D eigenvalue weighted by Gasteiger charge is -2.34. The summed E-state index contributed by atoms with van der Waals surface area (Å²) in [5, 5.41) is 33.1. The van der Waals surface area contributed by atoms with E-state index in [1.54, 1.807) is 47.0 Å². The standard InChI is InChI=1S/C33H40N8O4S.C33H34N8O3S.C29H34N8O3S/c1-2-5-23(42)9-10-29(43)34-11-4-8-30(44)40-14-12-39(13-15-40)22-24-20-28-31(46-24)33(41-16-18-45-19-17-41)37-32(36-28)25-6-3-7-27-26(25)21-35-38-27;1-2-29(42)34-19-22-6-8-23(9-7-22)33(43)41-12-10-39(11-13-41)21-24-18-28-30(45-24)32(40-14-16-44-17-15-40)37-31(36-28)25-4-3-5-27-26(25)20-35-38-27;1-2-25(38)30-8-4-7-26(39)36-11-9-35(10-12-36)19-20-17-24-27(41-20)29(37-13-15-40-16-14-37)33-28(32-24)21-5-3-6-23-22(21)18-31-34-23/h2-3,5-7,20-21H,4,8-19,22H2,1H3,(H,34,43)(H,35,38);2-9,18,20H,1,10-17,19,21H2,(H,34,42)(H,35,38);2-3,5-6,17-18H,1,4,7-16,19H2,(H,30,38)(H,31,34)/b5-2+;;. The van der Waals surface area contributed by atoms with Crippen LogP contribution in [-0.4, -0.2) is 302 Å². The Morgan fingerprint density at radius 3 is 1.17 bits per heavy atom. The van der Waals surface area contributed by atoms with Crippen molar-refractivity contribution in [2.24, 2.45) is 0 Å². The van der Waals surface area contributed by atoms with E-state index in [0.717, 1.165) is 201 Å². The van der Waals surface area contributed by atoms with Crippen molar-refractivity contribution in [3.63, 3.8) is 0 Å². The van der Waals surface area contributed by atoms with Gasteiger partial charge in [0, 0.05) is 236 Å². The number of fused-ring (bicyclic) bond motifs is 6. The molecule has 6 amide bonds. The van der Waals surface area contributed by atoms with Crippen molar-refractivity contribution in [2.45, 2.75) is 71.6 Å². The summed E-state index contributed by atoms with van der Waals surface area (Å²) in [7, 11) is 0. The number of amides is 6. The normalized spacial score (nSPS) is 16.1. The molecule has 4 aromatic carbocycles. The molecule has 15 heterocycles. The number of aromatic amines is 3. The van der Waals surface area contributed by atoms with Gasteiger partial charge in [0.15, 0.2) is 40.7 Å². The molecule has 19 rings (SSSR count). The molecule has 6 fully saturated rings. The summed E-state index contributed by atoms with van der Waals surface area (Å²) in [4.78, 5) is 139. The summed E-state index contributed by atoms with van der Waals surface area (Å²) in [5.74, 6) is 4.61. The zero-order valence-corrected chi connectivity index (χ0v) is 76.5. The Bertz CT molecular complexity index is 6320. The van der Waals surface area contributed by atoms with Gasteiger partial charge in [0.1, 0.15) is 0 Å². The van der Waals surface area contributed by atoms with E-state index in [9.17, 15) is 33.6 Å². The van der Waals surface area contributed by atoms with Gasteiger partial charge in [-0.2, -0.15) is 15.3 Å². The second-order valence-corrected chi connectivity index (χ2v) is 36.5. The third-order valence-corrected chi connectivity index (χ3v) is 27.6. The highest BCUT2D eigenvalue weighted by atomic mass is 32.1. The van der Waals surface area contributed by atoms with Gasteiger partial charge in [-0.05, 0) is 92.1 Å². The van der Waals surface area contributed by atoms with Crippen molar-refractivity contribution in [1.82, 2.24) is 106 Å². The van der Waals surface area contributed by atoms with E-state index in [2.05, 4.69) is 107 Å². The van der Waals surface area contributed by atoms with Crippen LogP contribution in [-0.2, 0) is 69.2 Å². The van der Waals surface area contributed by atoms with E-state index in [-0.39, 0.29) is 54.1 Å². The van der Waals surface area contributed by atoms with Crippen molar-refractivity contribution in [1.29, 1.82) is 0 Å². The SMILES string of the molecule is C/C=C/C(=O)CCC(=O)NCCCC(=O)N1CCN(Cc2cc3nc(-c4cccc5[nH]ncc45)nc(N4CCOCC4)c3s2)CC1.C=CC(=O)NCCCC(=O)N1CCN(Cc2cc3nc(-c4cccc5[nH]ncc45)nc(N4CCOCC4)c3s2)CC1.C=CC(=O)NCc1ccc(C(=O)N2CCN(Cc3cc4nc(-c5cccc6[nH]ncc56)nc(N5CCOCC5)c4s3)CC2)cc1. The maximum absolute atomic E-state index is 13.2. The first-order valence-corrected chi connectivity index (χ1v) is 47.6. The summed E-state index contributed by atoms with van der Waals surface area (Å²) in [5.41, 5.74) is 10.2. The van der Waals surface area contributed by atoms with Crippen LogP contribution in [0.15, 0.2) is 153 Å². The molecule has 132 heavy (non-hydrogen) atoms. The van der Waals surface area contributed by atoms with Crippen LogP contribution in [0.25, 0.3) is 97.5 Å². The monoisotopic (exact) mass is 1840 g/mol. The number of ether oxygens (including phenoxy) is 3. The predicted molar refractivity (Wildman–Crippen MR) is 514 cm³/mol. The van der Waals surface area contributed by atoms with Crippen molar-refractivity contribution >= 4 is 156 Å². The molecule has 0 atom stereocenters. The number of carbonyl (C=O) groups is 7. The number of thiophene rings is 3. The number of ketones is 1. The van der Waals surface area contributed by atoms with E-state index in [0.29, 0.717) is 147 Å². The maximum atomic E-state index is 13.2. The quantitative estimate of drug-likeness (QED) is 0.0187. The number of piperazine rings is 3. The van der Waals surface area contributed by atoms with Gasteiger partial charge >= 0.3 is 0 Å². The van der Waals surface area contributed by atoms with Crippen LogP contribution in [0.2, 0.25) is 0 Å². The molecule has 37 heteroatoms. The number of hydrogen-bond donors (Lipinski definition) is 6. The van der Waals surface area contributed by atoms with Crippen LogP contribution >= 0.6 is 34.0 Å². The molecule has 6 aliphatic heterocycles. The third kappa shape index (κ3) is 22.4. The van der Waals surface area contributed by atoms with Gasteiger partial charge < -0.3 is 59.6 Å². The molecular formula is C95H108N24O10S3. The average Bonchev–Trinajstić information content (AvgIpc) is 1.60. The van der Waals surface area contributed by atoms with Crippen molar-refractivity contribution in [3.05, 3.63) is 179 Å².